The van der Waals surface area contributed by atoms with E-state index in [1.165, 1.54) is 16.5 Å². The van der Waals surface area contributed by atoms with Gasteiger partial charge in [-0.25, -0.2) is 0 Å². The summed E-state index contributed by atoms with van der Waals surface area (Å²) in [6.45, 7) is 1.57. The number of benzene rings is 1. The lowest BCUT2D eigenvalue weighted by molar-refractivity contribution is -0.112. The quantitative estimate of drug-likeness (QED) is 0.777. The smallest absolute Gasteiger partial charge is 0.152 e. The molecule has 0 aliphatic heterocycles. The summed E-state index contributed by atoms with van der Waals surface area (Å²) in [6.07, 6.45) is 7.49. The summed E-state index contributed by atoms with van der Waals surface area (Å²) in [5.41, 5.74) is 2.48. The molecule has 2 nitrogen and oxygen atoms in total. The number of H-pyrrole nitrogens is 1. The van der Waals surface area contributed by atoms with Crippen molar-refractivity contribution in [2.75, 3.05) is 0 Å². The van der Waals surface area contributed by atoms with Crippen LogP contribution in [0.1, 0.15) is 18.9 Å². The zero-order valence-electron chi connectivity index (χ0n) is 9.36. The highest BCUT2D eigenvalue weighted by Crippen LogP contribution is 2.18. The first kappa shape index (κ1) is 10.7. The fraction of sp³-hybridized carbons (Fsp3) is 0.214. The molecule has 2 heteroatoms. The van der Waals surface area contributed by atoms with E-state index >= 15 is 0 Å². The molecule has 0 fully saturated rings. The molecule has 0 bridgehead atoms. The van der Waals surface area contributed by atoms with Gasteiger partial charge >= 0.3 is 0 Å². The van der Waals surface area contributed by atoms with Crippen molar-refractivity contribution in [2.45, 2.75) is 19.8 Å². The molecule has 0 atom stereocenters. The first-order valence-corrected chi connectivity index (χ1v) is 5.49. The van der Waals surface area contributed by atoms with E-state index in [9.17, 15) is 4.79 Å². The van der Waals surface area contributed by atoms with E-state index in [1.54, 1.807) is 13.0 Å². The van der Waals surface area contributed by atoms with E-state index in [4.69, 9.17) is 0 Å². The minimum atomic E-state index is 0.110. The second-order valence-corrected chi connectivity index (χ2v) is 3.91. The largest absolute Gasteiger partial charge is 0.361 e. The lowest BCUT2D eigenvalue weighted by atomic mass is 10.1. The molecule has 0 aliphatic rings. The van der Waals surface area contributed by atoms with Crippen molar-refractivity contribution in [2.24, 2.45) is 0 Å². The van der Waals surface area contributed by atoms with Gasteiger partial charge in [0.15, 0.2) is 5.78 Å². The topological polar surface area (TPSA) is 32.9 Å². The summed E-state index contributed by atoms with van der Waals surface area (Å²) in [6, 6.07) is 8.27. The molecule has 1 N–H and O–H groups in total. The molecule has 1 aromatic heterocycles. The lowest BCUT2D eigenvalue weighted by Crippen LogP contribution is -1.83. The van der Waals surface area contributed by atoms with Gasteiger partial charge in [0, 0.05) is 17.1 Å². The third kappa shape index (κ3) is 2.40. The van der Waals surface area contributed by atoms with Crippen LogP contribution in [0.2, 0.25) is 0 Å². The van der Waals surface area contributed by atoms with Gasteiger partial charge in [0.1, 0.15) is 0 Å². The van der Waals surface area contributed by atoms with Crippen molar-refractivity contribution in [1.29, 1.82) is 0 Å². The van der Waals surface area contributed by atoms with E-state index in [0.29, 0.717) is 0 Å². The highest BCUT2D eigenvalue weighted by molar-refractivity contribution is 5.87. The summed E-state index contributed by atoms with van der Waals surface area (Å²) in [7, 11) is 0. The Bertz CT molecular complexity index is 522. The molecule has 0 saturated heterocycles. The standard InChI is InChI=1S/C14H15NO/c1-11(16)6-2-3-7-12-10-15-14-9-5-4-8-13(12)14/h2,4-6,8-10,15H,3,7H2,1H3/b6-2+. The first-order chi connectivity index (χ1) is 7.77. The van der Waals surface area contributed by atoms with Crippen LogP contribution < -0.4 is 0 Å². The number of nitrogens with one attached hydrogen (secondary N) is 1. The van der Waals surface area contributed by atoms with Crippen LogP contribution in [-0.2, 0) is 11.2 Å². The summed E-state index contributed by atoms with van der Waals surface area (Å²) in [5, 5.41) is 1.28. The number of hydrogen-bond acceptors (Lipinski definition) is 1. The molecule has 0 saturated carbocycles. The molecule has 0 spiro atoms. The zero-order chi connectivity index (χ0) is 11.4. The van der Waals surface area contributed by atoms with Crippen molar-refractivity contribution in [3.63, 3.8) is 0 Å². The molecule has 0 unspecified atom stereocenters. The van der Waals surface area contributed by atoms with E-state index in [1.807, 2.05) is 24.4 Å². The third-order valence-electron chi connectivity index (χ3n) is 2.61. The number of fused-ring (bicyclic) bond motifs is 1. The molecule has 2 aromatic rings. The second kappa shape index (κ2) is 4.79. The molecule has 2 rings (SSSR count). The van der Waals surface area contributed by atoms with Gasteiger partial charge in [0.2, 0.25) is 0 Å². The molecule has 82 valence electrons. The number of allylic oxidation sites excluding steroid dienone is 2. The van der Waals surface area contributed by atoms with Crippen molar-refractivity contribution >= 4 is 16.7 Å². The summed E-state index contributed by atoms with van der Waals surface area (Å²) >= 11 is 0. The molecule has 1 heterocycles. The number of ketones is 1. The van der Waals surface area contributed by atoms with Crippen LogP contribution >= 0.6 is 0 Å². The molecule has 0 radical (unpaired) electrons. The number of para-hydroxylation sites is 1. The number of aromatic amines is 1. The van der Waals surface area contributed by atoms with Crippen LogP contribution in [0, 0.1) is 0 Å². The Morgan fingerprint density at radius 1 is 1.38 bits per heavy atom. The fourth-order valence-electron chi connectivity index (χ4n) is 1.83. The monoisotopic (exact) mass is 213 g/mol. The van der Waals surface area contributed by atoms with Gasteiger partial charge < -0.3 is 4.98 Å². The molecular weight excluding hydrogens is 198 g/mol. The van der Waals surface area contributed by atoms with Crippen molar-refractivity contribution in [3.05, 3.63) is 48.2 Å². The van der Waals surface area contributed by atoms with Crippen LogP contribution in [0.15, 0.2) is 42.6 Å². The SMILES string of the molecule is CC(=O)/C=C/CCc1c[nH]c2ccccc12. The number of carbonyl (C=O) groups is 1. The molecule has 0 amide bonds. The van der Waals surface area contributed by atoms with E-state index in [-0.39, 0.29) is 5.78 Å². The maximum atomic E-state index is 10.7. The number of hydrogen-bond donors (Lipinski definition) is 1. The Labute approximate surface area is 95.0 Å². The fourth-order valence-corrected chi connectivity index (χ4v) is 1.83. The van der Waals surface area contributed by atoms with Gasteiger partial charge in [-0.2, -0.15) is 0 Å². The average Bonchev–Trinajstić information content (AvgIpc) is 2.68. The molecular formula is C14H15NO. The highest BCUT2D eigenvalue weighted by atomic mass is 16.1. The third-order valence-corrected chi connectivity index (χ3v) is 2.61. The van der Waals surface area contributed by atoms with Crippen molar-refractivity contribution in [3.8, 4) is 0 Å². The maximum Gasteiger partial charge on any atom is 0.152 e. The second-order valence-electron chi connectivity index (χ2n) is 3.91. The minimum Gasteiger partial charge on any atom is -0.361 e. The van der Waals surface area contributed by atoms with Gasteiger partial charge in [-0.15, -0.1) is 0 Å². The maximum absolute atomic E-state index is 10.7. The molecule has 1 aromatic carbocycles. The van der Waals surface area contributed by atoms with Gasteiger partial charge in [0.05, 0.1) is 0 Å². The number of aryl methyl sites for hydroxylation is 1. The van der Waals surface area contributed by atoms with Crippen molar-refractivity contribution < 1.29 is 4.79 Å². The number of carbonyl (C=O) groups excluding carboxylic acids is 1. The van der Waals surface area contributed by atoms with Gasteiger partial charge in [0.25, 0.3) is 0 Å². The number of aromatic nitrogens is 1. The summed E-state index contributed by atoms with van der Waals surface area (Å²) in [4.78, 5) is 14.0. The average molecular weight is 213 g/mol. The Balaban J connectivity index is 2.07. The predicted molar refractivity (Wildman–Crippen MR) is 66.4 cm³/mol. The minimum absolute atomic E-state index is 0.110. The highest BCUT2D eigenvalue weighted by Gasteiger charge is 2.00. The van der Waals surface area contributed by atoms with Crippen LogP contribution in [0.25, 0.3) is 10.9 Å². The Hall–Kier alpha value is -1.83. The molecule has 16 heavy (non-hydrogen) atoms. The zero-order valence-corrected chi connectivity index (χ0v) is 9.36. The Morgan fingerprint density at radius 2 is 2.19 bits per heavy atom. The summed E-state index contributed by atoms with van der Waals surface area (Å²) < 4.78 is 0. The summed E-state index contributed by atoms with van der Waals surface area (Å²) in [5.74, 6) is 0.110. The van der Waals surface area contributed by atoms with E-state index < -0.39 is 0 Å². The van der Waals surface area contributed by atoms with Crippen LogP contribution in [-0.4, -0.2) is 10.8 Å². The van der Waals surface area contributed by atoms with Crippen LogP contribution in [0.4, 0.5) is 0 Å². The van der Waals surface area contributed by atoms with E-state index in [2.05, 4.69) is 17.1 Å². The lowest BCUT2D eigenvalue weighted by Gasteiger charge is -1.95. The first-order valence-electron chi connectivity index (χ1n) is 5.49. The Kier molecular flexibility index (Phi) is 3.20. The van der Waals surface area contributed by atoms with Crippen molar-refractivity contribution in [1.82, 2.24) is 4.98 Å². The Morgan fingerprint density at radius 3 is 3.00 bits per heavy atom. The van der Waals surface area contributed by atoms with E-state index in [0.717, 1.165) is 12.8 Å². The normalized spacial score (nSPS) is 11.3. The van der Waals surface area contributed by atoms with Crippen LogP contribution in [0.3, 0.4) is 0 Å². The van der Waals surface area contributed by atoms with Gasteiger partial charge in [-0.05, 0) is 37.5 Å². The predicted octanol–water partition coefficient (Wildman–Crippen LogP) is 3.25. The molecule has 0 aliphatic carbocycles. The van der Waals surface area contributed by atoms with Gasteiger partial charge in [-0.1, -0.05) is 24.3 Å². The number of rotatable bonds is 4. The van der Waals surface area contributed by atoms with Crippen LogP contribution in [0.5, 0.6) is 0 Å². The van der Waals surface area contributed by atoms with Gasteiger partial charge in [-0.3, -0.25) is 4.79 Å².